The van der Waals surface area contributed by atoms with Crippen molar-refractivity contribution in [1.29, 1.82) is 0 Å². The molecule has 108 valence electrons. The number of benzene rings is 1. The summed E-state index contributed by atoms with van der Waals surface area (Å²) in [5.74, 6) is 2.09. The van der Waals surface area contributed by atoms with Crippen LogP contribution in [-0.2, 0) is 10.2 Å². The van der Waals surface area contributed by atoms with Gasteiger partial charge in [-0.2, -0.15) is 0 Å². The summed E-state index contributed by atoms with van der Waals surface area (Å²) >= 11 is 0. The first-order chi connectivity index (χ1) is 9.47. The van der Waals surface area contributed by atoms with E-state index in [-0.39, 0.29) is 17.3 Å². The van der Waals surface area contributed by atoms with Gasteiger partial charge in [-0.3, -0.25) is 4.79 Å². The van der Waals surface area contributed by atoms with Crippen molar-refractivity contribution in [3.63, 3.8) is 0 Å². The predicted octanol–water partition coefficient (Wildman–Crippen LogP) is 4.33. The molecular weight excluding hydrogens is 248 g/mol. The summed E-state index contributed by atoms with van der Waals surface area (Å²) in [6.07, 6.45) is 5.00. The van der Waals surface area contributed by atoms with E-state index in [2.05, 4.69) is 32.9 Å². The highest BCUT2D eigenvalue weighted by Gasteiger charge is 2.55. The van der Waals surface area contributed by atoms with Crippen LogP contribution in [0.25, 0.3) is 0 Å². The van der Waals surface area contributed by atoms with Gasteiger partial charge in [0.1, 0.15) is 5.75 Å². The topological polar surface area (TPSA) is 26.3 Å². The average molecular weight is 272 g/mol. The second kappa shape index (κ2) is 4.91. The van der Waals surface area contributed by atoms with E-state index >= 15 is 0 Å². The molecular formula is C18H24O2. The summed E-state index contributed by atoms with van der Waals surface area (Å²) in [6, 6.07) is 7.96. The van der Waals surface area contributed by atoms with Crippen LogP contribution in [0.4, 0.5) is 0 Å². The highest BCUT2D eigenvalue weighted by molar-refractivity contribution is 5.79. The first-order valence-electron chi connectivity index (χ1n) is 7.79. The molecule has 0 aromatic heterocycles. The molecule has 0 aliphatic heterocycles. The van der Waals surface area contributed by atoms with Gasteiger partial charge in [-0.05, 0) is 47.8 Å². The lowest BCUT2D eigenvalue weighted by Gasteiger charge is -2.19. The third-order valence-corrected chi connectivity index (χ3v) is 4.87. The molecule has 1 aromatic carbocycles. The van der Waals surface area contributed by atoms with Crippen LogP contribution in [0.3, 0.4) is 0 Å². The summed E-state index contributed by atoms with van der Waals surface area (Å²) in [6.45, 7) is 6.55. The monoisotopic (exact) mass is 272 g/mol. The SMILES string of the molecule is CC(C)(C)c1ccc(OC(=O)C2[C@@H]3CCCC[C@@H]23)cc1. The Kier molecular flexibility index (Phi) is 3.35. The summed E-state index contributed by atoms with van der Waals surface area (Å²) < 4.78 is 5.56. The van der Waals surface area contributed by atoms with Crippen molar-refractivity contribution in [3.8, 4) is 5.75 Å². The summed E-state index contributed by atoms with van der Waals surface area (Å²) in [5.41, 5.74) is 1.39. The molecule has 2 aliphatic carbocycles. The van der Waals surface area contributed by atoms with Gasteiger partial charge in [-0.1, -0.05) is 45.7 Å². The molecule has 0 bridgehead atoms. The van der Waals surface area contributed by atoms with Gasteiger partial charge in [-0.25, -0.2) is 0 Å². The second-order valence-electron chi connectivity index (χ2n) is 7.33. The molecule has 0 saturated heterocycles. The van der Waals surface area contributed by atoms with Crippen LogP contribution in [0.15, 0.2) is 24.3 Å². The molecule has 2 nitrogen and oxygen atoms in total. The lowest BCUT2D eigenvalue weighted by atomic mass is 9.87. The third-order valence-electron chi connectivity index (χ3n) is 4.87. The fourth-order valence-electron chi connectivity index (χ4n) is 3.55. The predicted molar refractivity (Wildman–Crippen MR) is 79.7 cm³/mol. The zero-order chi connectivity index (χ0) is 14.3. The molecule has 3 rings (SSSR count). The van der Waals surface area contributed by atoms with Crippen molar-refractivity contribution in [1.82, 2.24) is 0 Å². The van der Waals surface area contributed by atoms with Crippen LogP contribution in [0.1, 0.15) is 52.0 Å². The van der Waals surface area contributed by atoms with E-state index in [9.17, 15) is 4.79 Å². The molecule has 0 radical (unpaired) electrons. The Morgan fingerprint density at radius 3 is 2.10 bits per heavy atom. The number of carbonyl (C=O) groups excluding carboxylic acids is 1. The lowest BCUT2D eigenvalue weighted by Crippen LogP contribution is -2.13. The molecule has 20 heavy (non-hydrogen) atoms. The minimum Gasteiger partial charge on any atom is -0.426 e. The number of carbonyl (C=O) groups is 1. The number of hydrogen-bond acceptors (Lipinski definition) is 2. The maximum atomic E-state index is 12.2. The Labute approximate surface area is 121 Å². The molecule has 2 atom stereocenters. The number of fused-ring (bicyclic) bond motifs is 1. The maximum absolute atomic E-state index is 12.2. The highest BCUT2D eigenvalue weighted by Crippen LogP contribution is 2.55. The lowest BCUT2D eigenvalue weighted by molar-refractivity contribution is -0.136. The van der Waals surface area contributed by atoms with E-state index in [4.69, 9.17) is 4.74 Å². The molecule has 0 spiro atoms. The Morgan fingerprint density at radius 1 is 1.05 bits per heavy atom. The number of hydrogen-bond donors (Lipinski definition) is 0. The van der Waals surface area contributed by atoms with Crippen LogP contribution < -0.4 is 4.74 Å². The van der Waals surface area contributed by atoms with E-state index in [1.807, 2.05) is 12.1 Å². The van der Waals surface area contributed by atoms with Crippen LogP contribution in [0.5, 0.6) is 5.75 Å². The number of esters is 1. The normalized spacial score (nSPS) is 28.6. The molecule has 0 amide bonds. The van der Waals surface area contributed by atoms with Crippen molar-refractivity contribution in [2.24, 2.45) is 17.8 Å². The summed E-state index contributed by atoms with van der Waals surface area (Å²) in [4.78, 5) is 12.2. The zero-order valence-corrected chi connectivity index (χ0v) is 12.7. The molecule has 0 heterocycles. The Bertz CT molecular complexity index is 483. The van der Waals surface area contributed by atoms with Crippen molar-refractivity contribution in [3.05, 3.63) is 29.8 Å². The Balaban J connectivity index is 1.62. The van der Waals surface area contributed by atoms with E-state index in [0.717, 1.165) is 0 Å². The average Bonchev–Trinajstić information content (AvgIpc) is 3.12. The third kappa shape index (κ3) is 2.61. The largest absolute Gasteiger partial charge is 0.426 e. The van der Waals surface area contributed by atoms with Crippen molar-refractivity contribution < 1.29 is 9.53 Å². The quantitative estimate of drug-likeness (QED) is 0.592. The minimum absolute atomic E-state index is 0.00888. The minimum atomic E-state index is -0.00888. The fraction of sp³-hybridized carbons (Fsp3) is 0.611. The molecule has 2 fully saturated rings. The summed E-state index contributed by atoms with van der Waals surface area (Å²) in [5, 5.41) is 0. The van der Waals surface area contributed by atoms with E-state index in [1.54, 1.807) is 0 Å². The highest BCUT2D eigenvalue weighted by atomic mass is 16.5. The van der Waals surface area contributed by atoms with Gasteiger partial charge in [0.2, 0.25) is 0 Å². The molecule has 2 heteroatoms. The maximum Gasteiger partial charge on any atom is 0.314 e. The van der Waals surface area contributed by atoms with Gasteiger partial charge in [0.15, 0.2) is 0 Å². The van der Waals surface area contributed by atoms with E-state index in [1.165, 1.54) is 31.2 Å². The van der Waals surface area contributed by atoms with Crippen LogP contribution >= 0.6 is 0 Å². The van der Waals surface area contributed by atoms with Gasteiger partial charge in [0.05, 0.1) is 5.92 Å². The Morgan fingerprint density at radius 2 is 1.60 bits per heavy atom. The molecule has 1 aromatic rings. The van der Waals surface area contributed by atoms with Crippen LogP contribution in [0.2, 0.25) is 0 Å². The molecule has 2 saturated carbocycles. The van der Waals surface area contributed by atoms with E-state index in [0.29, 0.717) is 17.6 Å². The van der Waals surface area contributed by atoms with Gasteiger partial charge in [-0.15, -0.1) is 0 Å². The van der Waals surface area contributed by atoms with Crippen LogP contribution in [-0.4, -0.2) is 5.97 Å². The standard InChI is InChI=1S/C18H24O2/c1-18(2,3)12-8-10-13(11-9-12)20-17(19)16-14-6-4-5-7-15(14)16/h8-11,14-16H,4-7H2,1-3H3/t14-,15-/m1/s1. The van der Waals surface area contributed by atoms with E-state index < -0.39 is 0 Å². The van der Waals surface area contributed by atoms with Crippen molar-refractivity contribution >= 4 is 5.97 Å². The fourth-order valence-corrected chi connectivity index (χ4v) is 3.55. The van der Waals surface area contributed by atoms with Gasteiger partial charge in [0, 0.05) is 0 Å². The first kappa shape index (κ1) is 13.7. The smallest absolute Gasteiger partial charge is 0.314 e. The van der Waals surface area contributed by atoms with Crippen LogP contribution in [0, 0.1) is 17.8 Å². The summed E-state index contributed by atoms with van der Waals surface area (Å²) in [7, 11) is 0. The van der Waals surface area contributed by atoms with Crippen molar-refractivity contribution in [2.45, 2.75) is 51.9 Å². The number of ether oxygens (including phenoxy) is 1. The second-order valence-corrected chi connectivity index (χ2v) is 7.33. The van der Waals surface area contributed by atoms with Crippen molar-refractivity contribution in [2.75, 3.05) is 0 Å². The Hall–Kier alpha value is -1.31. The molecule has 0 unspecified atom stereocenters. The zero-order valence-electron chi connectivity index (χ0n) is 12.7. The molecule has 0 N–H and O–H groups in total. The van der Waals surface area contributed by atoms with Gasteiger partial charge in [0.25, 0.3) is 0 Å². The van der Waals surface area contributed by atoms with Gasteiger partial charge < -0.3 is 4.74 Å². The van der Waals surface area contributed by atoms with Gasteiger partial charge >= 0.3 is 5.97 Å². The first-order valence-corrected chi connectivity index (χ1v) is 7.79. The number of rotatable bonds is 2. The molecule has 2 aliphatic rings.